The van der Waals surface area contributed by atoms with E-state index >= 15 is 0 Å². The summed E-state index contributed by atoms with van der Waals surface area (Å²) in [5.74, 6) is -2.91. The second kappa shape index (κ2) is 5.52. The predicted octanol–water partition coefficient (Wildman–Crippen LogP) is 1.99. The minimum absolute atomic E-state index is 0.0334. The first-order valence-electron chi connectivity index (χ1n) is 6.08. The molecule has 1 aliphatic rings. The number of carbonyl (C=O) groups excluding carboxylic acids is 1. The third kappa shape index (κ3) is 3.41. The van der Waals surface area contributed by atoms with Crippen LogP contribution in [0.3, 0.4) is 0 Å². The van der Waals surface area contributed by atoms with E-state index in [-0.39, 0.29) is 19.7 Å². The Labute approximate surface area is 110 Å². The maximum absolute atomic E-state index is 13.2. The van der Waals surface area contributed by atoms with Crippen LogP contribution in [0.2, 0.25) is 0 Å². The van der Waals surface area contributed by atoms with Crippen LogP contribution in [0.5, 0.6) is 0 Å². The number of piperidine rings is 1. The Morgan fingerprint density at radius 1 is 1.42 bits per heavy atom. The van der Waals surface area contributed by atoms with Gasteiger partial charge < -0.3 is 15.4 Å². The average Bonchev–Trinajstić information content (AvgIpc) is 2.40. The summed E-state index contributed by atoms with van der Waals surface area (Å²) in [4.78, 5) is 13.0. The molecule has 1 aliphatic heterocycles. The molecular weight excluding hydrogens is 254 g/mol. The zero-order chi connectivity index (χ0) is 13.9. The molecule has 1 fully saturated rings. The fourth-order valence-electron chi connectivity index (χ4n) is 1.91. The number of nitrogens with zero attached hydrogens (tertiary/aromatic N) is 1. The van der Waals surface area contributed by atoms with Crippen LogP contribution in [0.15, 0.2) is 30.3 Å². The number of amides is 1. The topological polar surface area (TPSA) is 55.6 Å². The van der Waals surface area contributed by atoms with E-state index in [1.54, 1.807) is 0 Å². The largest absolute Gasteiger partial charge is 0.445 e. The van der Waals surface area contributed by atoms with Crippen molar-refractivity contribution in [1.29, 1.82) is 0 Å². The molecule has 6 heteroatoms. The van der Waals surface area contributed by atoms with Crippen LogP contribution in [-0.4, -0.2) is 36.0 Å². The summed E-state index contributed by atoms with van der Waals surface area (Å²) >= 11 is 0. The maximum atomic E-state index is 13.2. The van der Waals surface area contributed by atoms with Crippen molar-refractivity contribution >= 4 is 6.09 Å². The number of benzene rings is 1. The van der Waals surface area contributed by atoms with Crippen molar-refractivity contribution in [1.82, 2.24) is 4.90 Å². The monoisotopic (exact) mass is 270 g/mol. The van der Waals surface area contributed by atoms with Gasteiger partial charge in [-0.3, -0.25) is 0 Å². The smallest absolute Gasteiger partial charge is 0.410 e. The molecule has 104 valence electrons. The van der Waals surface area contributed by atoms with E-state index in [4.69, 9.17) is 10.5 Å². The van der Waals surface area contributed by atoms with Crippen molar-refractivity contribution in [2.24, 2.45) is 5.73 Å². The molecule has 0 aromatic heterocycles. The van der Waals surface area contributed by atoms with E-state index in [0.29, 0.717) is 0 Å². The number of hydrogen-bond donors (Lipinski definition) is 1. The number of nitrogens with two attached hydrogens (primary N) is 1. The second-order valence-corrected chi connectivity index (χ2v) is 4.60. The Morgan fingerprint density at radius 2 is 2.11 bits per heavy atom. The highest BCUT2D eigenvalue weighted by molar-refractivity contribution is 5.67. The van der Waals surface area contributed by atoms with Crippen molar-refractivity contribution in [3.8, 4) is 0 Å². The van der Waals surface area contributed by atoms with E-state index in [9.17, 15) is 13.6 Å². The fraction of sp³-hybridized carbons (Fsp3) is 0.462. The Hall–Kier alpha value is -1.69. The highest BCUT2D eigenvalue weighted by Crippen LogP contribution is 2.27. The number of halogens is 2. The lowest BCUT2D eigenvalue weighted by Crippen LogP contribution is -2.56. The first-order valence-corrected chi connectivity index (χ1v) is 6.08. The minimum atomic E-state index is -2.91. The van der Waals surface area contributed by atoms with Crippen LogP contribution in [-0.2, 0) is 11.3 Å². The van der Waals surface area contributed by atoms with Crippen molar-refractivity contribution in [2.45, 2.75) is 25.0 Å². The SMILES string of the molecule is N[C@@H]1CN(C(=O)OCc2ccccc2)CCC1(F)F. The first kappa shape index (κ1) is 13.7. The van der Waals surface area contributed by atoms with Crippen LogP contribution >= 0.6 is 0 Å². The molecule has 1 saturated heterocycles. The number of rotatable bonds is 2. The first-order chi connectivity index (χ1) is 8.99. The Kier molecular flexibility index (Phi) is 3.99. The Balaban J connectivity index is 1.84. The van der Waals surface area contributed by atoms with Crippen LogP contribution in [0, 0.1) is 0 Å². The lowest BCUT2D eigenvalue weighted by molar-refractivity contribution is -0.0696. The summed E-state index contributed by atoms with van der Waals surface area (Å²) in [6.45, 7) is -0.0866. The molecule has 19 heavy (non-hydrogen) atoms. The molecule has 0 radical (unpaired) electrons. The van der Waals surface area contributed by atoms with E-state index in [1.165, 1.54) is 4.90 Å². The van der Waals surface area contributed by atoms with Crippen molar-refractivity contribution in [3.63, 3.8) is 0 Å². The summed E-state index contributed by atoms with van der Waals surface area (Å²) in [7, 11) is 0. The zero-order valence-electron chi connectivity index (χ0n) is 10.4. The summed E-state index contributed by atoms with van der Waals surface area (Å²) in [5, 5.41) is 0. The van der Waals surface area contributed by atoms with Gasteiger partial charge in [0.2, 0.25) is 0 Å². The molecule has 1 amide bonds. The molecule has 0 unspecified atom stereocenters. The molecular formula is C13H16F2N2O2. The Morgan fingerprint density at radius 3 is 2.74 bits per heavy atom. The Bertz CT molecular complexity index is 440. The van der Waals surface area contributed by atoms with E-state index < -0.39 is 24.5 Å². The van der Waals surface area contributed by atoms with Gasteiger partial charge in [-0.05, 0) is 5.56 Å². The predicted molar refractivity (Wildman–Crippen MR) is 65.7 cm³/mol. The summed E-state index contributed by atoms with van der Waals surface area (Å²) in [5.41, 5.74) is 6.20. The van der Waals surface area contributed by atoms with Crippen LogP contribution in [0.25, 0.3) is 0 Å². The fourth-order valence-corrected chi connectivity index (χ4v) is 1.91. The number of ether oxygens (including phenoxy) is 1. The standard InChI is InChI=1S/C13H16F2N2O2/c14-13(15)6-7-17(8-11(13)16)12(18)19-9-10-4-2-1-3-5-10/h1-5,11H,6-9,16H2/t11-/m1/s1. The number of carbonyl (C=O) groups is 1. The van der Waals surface area contributed by atoms with Gasteiger partial charge in [0.05, 0.1) is 6.04 Å². The normalized spacial score (nSPS) is 22.1. The summed E-state index contributed by atoms with van der Waals surface area (Å²) < 4.78 is 31.4. The van der Waals surface area contributed by atoms with Gasteiger partial charge in [-0.2, -0.15) is 0 Å². The van der Waals surface area contributed by atoms with Crippen LogP contribution < -0.4 is 5.73 Å². The van der Waals surface area contributed by atoms with E-state index in [0.717, 1.165) is 5.56 Å². The van der Waals surface area contributed by atoms with Gasteiger partial charge in [-0.25, -0.2) is 13.6 Å². The third-order valence-corrected chi connectivity index (χ3v) is 3.14. The third-order valence-electron chi connectivity index (χ3n) is 3.14. The summed E-state index contributed by atoms with van der Waals surface area (Å²) in [6, 6.07) is 7.84. The number of hydrogen-bond acceptors (Lipinski definition) is 3. The highest BCUT2D eigenvalue weighted by Gasteiger charge is 2.43. The van der Waals surface area contributed by atoms with E-state index in [2.05, 4.69) is 0 Å². The molecule has 0 spiro atoms. The molecule has 2 rings (SSSR count). The molecule has 0 bridgehead atoms. The maximum Gasteiger partial charge on any atom is 0.410 e. The quantitative estimate of drug-likeness (QED) is 0.894. The van der Waals surface area contributed by atoms with Gasteiger partial charge in [0.15, 0.2) is 0 Å². The molecule has 2 N–H and O–H groups in total. The van der Waals surface area contributed by atoms with Crippen LogP contribution in [0.4, 0.5) is 13.6 Å². The van der Waals surface area contributed by atoms with Gasteiger partial charge in [-0.1, -0.05) is 30.3 Å². The van der Waals surface area contributed by atoms with Crippen molar-refractivity contribution in [3.05, 3.63) is 35.9 Å². The van der Waals surface area contributed by atoms with Crippen molar-refractivity contribution < 1.29 is 18.3 Å². The van der Waals surface area contributed by atoms with Gasteiger partial charge in [-0.15, -0.1) is 0 Å². The second-order valence-electron chi connectivity index (χ2n) is 4.60. The molecule has 4 nitrogen and oxygen atoms in total. The van der Waals surface area contributed by atoms with Gasteiger partial charge in [0.25, 0.3) is 5.92 Å². The number of alkyl halides is 2. The summed E-state index contributed by atoms with van der Waals surface area (Å²) in [6.07, 6.45) is -1.02. The molecule has 1 aromatic carbocycles. The lowest BCUT2D eigenvalue weighted by Gasteiger charge is -2.35. The molecule has 0 aliphatic carbocycles. The molecule has 1 aromatic rings. The molecule has 1 heterocycles. The molecule has 0 saturated carbocycles. The van der Waals surface area contributed by atoms with E-state index in [1.807, 2.05) is 30.3 Å². The lowest BCUT2D eigenvalue weighted by atomic mass is 10.0. The van der Waals surface area contributed by atoms with Gasteiger partial charge in [0.1, 0.15) is 6.61 Å². The zero-order valence-corrected chi connectivity index (χ0v) is 10.4. The number of likely N-dealkylation sites (tertiary alicyclic amines) is 1. The van der Waals surface area contributed by atoms with Gasteiger partial charge >= 0.3 is 6.09 Å². The average molecular weight is 270 g/mol. The minimum Gasteiger partial charge on any atom is -0.445 e. The van der Waals surface area contributed by atoms with Crippen molar-refractivity contribution in [2.75, 3.05) is 13.1 Å². The molecule has 1 atom stereocenters. The van der Waals surface area contributed by atoms with Gasteiger partial charge in [0, 0.05) is 19.5 Å². The van der Waals surface area contributed by atoms with Crippen LogP contribution in [0.1, 0.15) is 12.0 Å². The highest BCUT2D eigenvalue weighted by atomic mass is 19.3.